The summed E-state index contributed by atoms with van der Waals surface area (Å²) >= 11 is 0. The van der Waals surface area contributed by atoms with Gasteiger partial charge in [-0.2, -0.15) is 0 Å². The summed E-state index contributed by atoms with van der Waals surface area (Å²) in [6, 6.07) is 9.29. The largest absolute Gasteiger partial charge is 0.419 e. The van der Waals surface area contributed by atoms with Crippen molar-refractivity contribution in [2.24, 2.45) is 0 Å². The van der Waals surface area contributed by atoms with Crippen molar-refractivity contribution in [3.05, 3.63) is 52.4 Å². The number of aryl methyl sites for hydroxylation is 1. The first-order valence-electron chi connectivity index (χ1n) is 11.0. The molecule has 1 aromatic carbocycles. The number of aromatic nitrogens is 3. The van der Waals surface area contributed by atoms with Crippen LogP contribution in [0.1, 0.15) is 43.2 Å². The minimum atomic E-state index is -0.447. The van der Waals surface area contributed by atoms with Crippen molar-refractivity contribution < 1.29 is 9.21 Å². The van der Waals surface area contributed by atoms with Gasteiger partial charge in [0.1, 0.15) is 11.6 Å². The molecule has 1 atom stereocenters. The fourth-order valence-electron chi connectivity index (χ4n) is 4.00. The highest BCUT2D eigenvalue weighted by Gasteiger charge is 2.20. The molecule has 2 aromatic heterocycles. The predicted molar refractivity (Wildman–Crippen MR) is 123 cm³/mol. The van der Waals surface area contributed by atoms with Crippen molar-refractivity contribution >= 4 is 22.8 Å². The van der Waals surface area contributed by atoms with Crippen molar-refractivity contribution in [1.29, 1.82) is 0 Å². The van der Waals surface area contributed by atoms with Crippen LogP contribution in [0.25, 0.3) is 11.1 Å². The van der Waals surface area contributed by atoms with Crippen LogP contribution in [0, 0.1) is 0 Å². The number of fused-ring (bicyclic) bond motifs is 1. The van der Waals surface area contributed by atoms with Crippen molar-refractivity contribution in [1.82, 2.24) is 24.8 Å². The molecule has 0 aliphatic carbocycles. The Kier molecular flexibility index (Phi) is 6.55. The van der Waals surface area contributed by atoms with Gasteiger partial charge in [0.05, 0.1) is 23.8 Å². The zero-order valence-electron chi connectivity index (χ0n) is 18.9. The lowest BCUT2D eigenvalue weighted by Gasteiger charge is -2.25. The van der Waals surface area contributed by atoms with Gasteiger partial charge in [0.15, 0.2) is 5.58 Å². The maximum absolute atomic E-state index is 12.8. The highest BCUT2D eigenvalue weighted by atomic mass is 16.4. The molecule has 4 rings (SSSR count). The number of benzene rings is 1. The highest BCUT2D eigenvalue weighted by molar-refractivity contribution is 5.76. The van der Waals surface area contributed by atoms with Gasteiger partial charge in [0.2, 0.25) is 5.91 Å². The number of anilines is 1. The Bertz CT molecular complexity index is 1150. The molecule has 3 aromatic rings. The maximum atomic E-state index is 12.8. The lowest BCUT2D eigenvalue weighted by molar-refractivity contribution is -0.130. The normalized spacial score (nSPS) is 16.3. The molecule has 1 N–H and O–H groups in total. The molecule has 1 amide bonds. The average Bonchev–Trinajstić information content (AvgIpc) is 3.12. The van der Waals surface area contributed by atoms with E-state index in [2.05, 4.69) is 5.32 Å². The first-order chi connectivity index (χ1) is 15.4. The molecule has 170 valence electrons. The van der Waals surface area contributed by atoms with Crippen LogP contribution in [-0.4, -0.2) is 53.0 Å². The third-order valence-corrected chi connectivity index (χ3v) is 5.81. The van der Waals surface area contributed by atoms with Gasteiger partial charge >= 0.3 is 5.76 Å². The molecule has 0 spiro atoms. The zero-order chi connectivity index (χ0) is 22.7. The monoisotopic (exact) mass is 438 g/mol. The fourth-order valence-corrected chi connectivity index (χ4v) is 4.00. The maximum Gasteiger partial charge on any atom is 0.419 e. The number of hydrogen-bond donors (Lipinski definition) is 1. The first kappa shape index (κ1) is 22.0. The van der Waals surface area contributed by atoms with Crippen LogP contribution >= 0.6 is 0 Å². The van der Waals surface area contributed by atoms with Gasteiger partial charge in [0, 0.05) is 40.2 Å². The van der Waals surface area contributed by atoms with Gasteiger partial charge in [-0.3, -0.25) is 9.36 Å². The van der Waals surface area contributed by atoms with Crippen molar-refractivity contribution in [3.63, 3.8) is 0 Å². The molecule has 1 fully saturated rings. The number of oxazole rings is 1. The average molecular weight is 439 g/mol. The number of piperidine rings is 1. The summed E-state index contributed by atoms with van der Waals surface area (Å²) in [4.78, 5) is 38.0. The summed E-state index contributed by atoms with van der Waals surface area (Å²) in [7, 11) is 5.66. The Balaban J connectivity index is 1.45. The Morgan fingerprint density at radius 2 is 2.03 bits per heavy atom. The van der Waals surface area contributed by atoms with Gasteiger partial charge in [-0.15, -0.1) is 0 Å². The SMILES string of the molecule is CN(Cc1cc(N(C)C)nc(C2CCCCN2)n1)C(=O)CCn1c(=O)oc2ccccc21. The number of rotatable bonds is 7. The predicted octanol–water partition coefficient (Wildman–Crippen LogP) is 2.31. The Labute approximate surface area is 187 Å². The number of para-hydroxylation sites is 2. The molecular formula is C23H30N6O3. The van der Waals surface area contributed by atoms with Crippen LogP contribution in [0.5, 0.6) is 0 Å². The molecule has 0 radical (unpaired) electrons. The Hall–Kier alpha value is -3.20. The summed E-state index contributed by atoms with van der Waals surface area (Å²) in [6.07, 6.45) is 3.53. The van der Waals surface area contributed by atoms with Crippen LogP contribution in [0.2, 0.25) is 0 Å². The van der Waals surface area contributed by atoms with Crippen LogP contribution < -0.4 is 16.0 Å². The van der Waals surface area contributed by atoms with Crippen molar-refractivity contribution in [3.8, 4) is 0 Å². The molecule has 1 aliphatic heterocycles. The molecule has 3 heterocycles. The van der Waals surface area contributed by atoms with Crippen molar-refractivity contribution in [2.75, 3.05) is 32.6 Å². The molecular weight excluding hydrogens is 408 g/mol. The third-order valence-electron chi connectivity index (χ3n) is 5.81. The standard InChI is InChI=1S/C23H30N6O3/c1-27(2)20-14-16(25-22(26-20)17-8-6-7-12-24-17)15-28(3)21(30)11-13-29-18-9-4-5-10-19(18)32-23(29)31/h4-5,9-10,14,17,24H,6-8,11-13,15H2,1-3H3. The highest BCUT2D eigenvalue weighted by Crippen LogP contribution is 2.23. The lowest BCUT2D eigenvalue weighted by Crippen LogP contribution is -2.31. The molecule has 1 saturated heterocycles. The Morgan fingerprint density at radius 1 is 1.22 bits per heavy atom. The second-order valence-electron chi connectivity index (χ2n) is 8.46. The summed E-state index contributed by atoms with van der Waals surface area (Å²) < 4.78 is 6.75. The second-order valence-corrected chi connectivity index (χ2v) is 8.46. The first-order valence-corrected chi connectivity index (χ1v) is 11.0. The van der Waals surface area contributed by atoms with Crippen LogP contribution in [0.15, 0.2) is 39.5 Å². The topological polar surface area (TPSA) is 96.5 Å². The van der Waals surface area contributed by atoms with E-state index in [9.17, 15) is 9.59 Å². The van der Waals surface area contributed by atoms with E-state index < -0.39 is 5.76 Å². The van der Waals surface area contributed by atoms with E-state index >= 15 is 0 Å². The van der Waals surface area contributed by atoms with Gasteiger partial charge < -0.3 is 19.5 Å². The minimum absolute atomic E-state index is 0.0652. The summed E-state index contributed by atoms with van der Waals surface area (Å²) in [5.74, 6) is 1.10. The van der Waals surface area contributed by atoms with Crippen LogP contribution in [0.4, 0.5) is 5.82 Å². The summed E-state index contributed by atoms with van der Waals surface area (Å²) in [6.45, 7) is 1.61. The molecule has 32 heavy (non-hydrogen) atoms. The number of carbonyl (C=O) groups is 1. The molecule has 0 bridgehead atoms. The van der Waals surface area contributed by atoms with E-state index in [1.807, 2.05) is 43.3 Å². The smallest absolute Gasteiger partial charge is 0.408 e. The van der Waals surface area contributed by atoms with Crippen LogP contribution in [0.3, 0.4) is 0 Å². The summed E-state index contributed by atoms with van der Waals surface area (Å²) in [5, 5.41) is 3.50. The quantitative estimate of drug-likeness (QED) is 0.605. The number of amides is 1. The van der Waals surface area contributed by atoms with E-state index in [1.54, 1.807) is 18.0 Å². The van der Waals surface area contributed by atoms with E-state index in [0.29, 0.717) is 17.6 Å². The minimum Gasteiger partial charge on any atom is -0.408 e. The van der Waals surface area contributed by atoms with Gasteiger partial charge in [-0.05, 0) is 31.5 Å². The third kappa shape index (κ3) is 4.83. The second kappa shape index (κ2) is 9.52. The molecule has 9 heteroatoms. The summed E-state index contributed by atoms with van der Waals surface area (Å²) in [5.41, 5.74) is 2.02. The number of nitrogens with one attached hydrogen (secondary N) is 1. The molecule has 9 nitrogen and oxygen atoms in total. The van der Waals surface area contributed by atoms with Gasteiger partial charge in [-0.25, -0.2) is 14.8 Å². The van der Waals surface area contributed by atoms with E-state index in [1.165, 1.54) is 11.0 Å². The molecule has 0 saturated carbocycles. The van der Waals surface area contributed by atoms with Crippen LogP contribution in [-0.2, 0) is 17.9 Å². The number of hydrogen-bond acceptors (Lipinski definition) is 7. The molecule has 1 unspecified atom stereocenters. The Morgan fingerprint density at radius 3 is 2.78 bits per heavy atom. The van der Waals surface area contributed by atoms with E-state index in [4.69, 9.17) is 14.4 Å². The molecule has 1 aliphatic rings. The zero-order valence-corrected chi connectivity index (χ0v) is 18.9. The van der Waals surface area contributed by atoms with Gasteiger partial charge in [0.25, 0.3) is 0 Å². The van der Waals surface area contributed by atoms with Gasteiger partial charge in [-0.1, -0.05) is 18.6 Å². The lowest BCUT2D eigenvalue weighted by atomic mass is 10.0. The van der Waals surface area contributed by atoms with Crippen molar-refractivity contribution in [2.45, 2.75) is 44.8 Å². The van der Waals surface area contributed by atoms with E-state index in [-0.39, 0.29) is 24.9 Å². The fraction of sp³-hybridized carbons (Fsp3) is 0.478. The van der Waals surface area contributed by atoms with E-state index in [0.717, 1.165) is 36.7 Å². The number of nitrogens with zero attached hydrogens (tertiary/aromatic N) is 5. The number of carbonyl (C=O) groups excluding carboxylic acids is 1.